The van der Waals surface area contributed by atoms with Crippen LogP contribution in [0.25, 0.3) is 0 Å². The van der Waals surface area contributed by atoms with Crippen molar-refractivity contribution in [2.75, 3.05) is 5.32 Å². The van der Waals surface area contributed by atoms with Gasteiger partial charge in [-0.3, -0.25) is 14.3 Å². The van der Waals surface area contributed by atoms with E-state index < -0.39 is 12.0 Å². The fourth-order valence-electron chi connectivity index (χ4n) is 2.92. The molecule has 1 aromatic heterocycles. The Morgan fingerprint density at radius 2 is 2.00 bits per heavy atom. The van der Waals surface area contributed by atoms with E-state index in [2.05, 4.69) is 20.9 Å². The molecule has 0 saturated heterocycles. The summed E-state index contributed by atoms with van der Waals surface area (Å²) in [7, 11) is 1.75. The number of rotatable bonds is 7. The van der Waals surface area contributed by atoms with Crippen molar-refractivity contribution < 1.29 is 14.3 Å². The number of aromatic nitrogens is 2. The number of benzene rings is 2. The molecule has 2 aromatic carbocycles. The van der Waals surface area contributed by atoms with Gasteiger partial charge < -0.3 is 10.1 Å². The molecule has 3 rings (SSSR count). The van der Waals surface area contributed by atoms with E-state index in [0.717, 1.165) is 14.7 Å². The Morgan fingerprint density at radius 1 is 1.24 bits per heavy atom. The van der Waals surface area contributed by atoms with Gasteiger partial charge in [-0.25, -0.2) is 5.43 Å². The maximum absolute atomic E-state index is 12.6. The molecule has 0 aliphatic carbocycles. The fraction of sp³-hybridized carbons (Fsp3) is 0.217. The molecule has 0 fully saturated rings. The van der Waals surface area contributed by atoms with Gasteiger partial charge in [0.05, 0.1) is 9.28 Å². The van der Waals surface area contributed by atoms with Crippen molar-refractivity contribution in [2.45, 2.75) is 26.9 Å². The summed E-state index contributed by atoms with van der Waals surface area (Å²) in [6, 6.07) is 12.4. The number of hydrogen-bond acceptors (Lipinski definition) is 5. The Labute approximate surface area is 210 Å². The molecule has 0 spiro atoms. The molecule has 1 atom stereocenters. The van der Waals surface area contributed by atoms with Crippen LogP contribution in [0.4, 0.5) is 5.69 Å². The summed E-state index contributed by atoms with van der Waals surface area (Å²) in [6.45, 7) is 5.30. The molecule has 33 heavy (non-hydrogen) atoms. The van der Waals surface area contributed by atoms with Crippen LogP contribution in [0.3, 0.4) is 0 Å². The Kier molecular flexibility index (Phi) is 8.09. The molecular formula is C23H23ClIN5O3. The number of amides is 2. The average Bonchev–Trinajstić information content (AvgIpc) is 3.11. The zero-order valence-corrected chi connectivity index (χ0v) is 21.4. The summed E-state index contributed by atoms with van der Waals surface area (Å²) in [5.74, 6) is -0.0986. The summed E-state index contributed by atoms with van der Waals surface area (Å²) < 4.78 is 8.08. The van der Waals surface area contributed by atoms with E-state index in [1.807, 2.05) is 35.6 Å². The van der Waals surface area contributed by atoms with E-state index in [0.29, 0.717) is 27.9 Å². The molecule has 0 aliphatic heterocycles. The number of carbonyl (C=O) groups is 2. The largest absolute Gasteiger partial charge is 0.481 e. The SMILES string of the molecule is C/C(=N/NC(=O)c1nn(C)cc1I)c1cccc(NC(=O)[C@@H](C)Oc2ccc(Cl)cc2C)c1. The number of ether oxygens (including phenoxy) is 1. The predicted octanol–water partition coefficient (Wildman–Crippen LogP) is 4.55. The lowest BCUT2D eigenvalue weighted by molar-refractivity contribution is -0.122. The van der Waals surface area contributed by atoms with Gasteiger partial charge in [0.2, 0.25) is 0 Å². The molecule has 3 aromatic rings. The van der Waals surface area contributed by atoms with Gasteiger partial charge >= 0.3 is 0 Å². The third kappa shape index (κ3) is 6.55. The second-order valence-electron chi connectivity index (χ2n) is 7.38. The third-order valence-corrected chi connectivity index (χ3v) is 5.71. The van der Waals surface area contributed by atoms with Crippen LogP contribution >= 0.6 is 34.2 Å². The highest BCUT2D eigenvalue weighted by atomic mass is 127. The van der Waals surface area contributed by atoms with E-state index in [9.17, 15) is 9.59 Å². The molecule has 172 valence electrons. The van der Waals surface area contributed by atoms with Crippen LogP contribution in [0.2, 0.25) is 5.02 Å². The monoisotopic (exact) mass is 579 g/mol. The van der Waals surface area contributed by atoms with Gasteiger partial charge in [0.1, 0.15) is 5.75 Å². The molecule has 0 radical (unpaired) electrons. The number of nitrogens with zero attached hydrogens (tertiary/aromatic N) is 3. The minimum atomic E-state index is -0.719. The zero-order valence-electron chi connectivity index (χ0n) is 18.5. The Balaban J connectivity index is 1.64. The lowest BCUT2D eigenvalue weighted by Gasteiger charge is -2.16. The zero-order chi connectivity index (χ0) is 24.1. The molecule has 2 N–H and O–H groups in total. The Bertz CT molecular complexity index is 1220. The van der Waals surface area contributed by atoms with Crippen LogP contribution < -0.4 is 15.5 Å². The normalized spacial score (nSPS) is 12.2. The lowest BCUT2D eigenvalue weighted by atomic mass is 10.1. The quantitative estimate of drug-likeness (QED) is 0.244. The first-order chi connectivity index (χ1) is 15.6. The number of hydrazone groups is 1. The van der Waals surface area contributed by atoms with Crippen molar-refractivity contribution >= 4 is 57.4 Å². The topological polar surface area (TPSA) is 97.6 Å². The number of anilines is 1. The second-order valence-corrected chi connectivity index (χ2v) is 8.98. The number of hydrogen-bond donors (Lipinski definition) is 2. The van der Waals surface area contributed by atoms with Crippen molar-refractivity contribution in [1.29, 1.82) is 0 Å². The van der Waals surface area contributed by atoms with Gasteiger partial charge in [-0.2, -0.15) is 10.2 Å². The van der Waals surface area contributed by atoms with Gasteiger partial charge in [0.25, 0.3) is 11.8 Å². The Morgan fingerprint density at radius 3 is 2.67 bits per heavy atom. The summed E-state index contributed by atoms with van der Waals surface area (Å²) in [5, 5.41) is 11.7. The first-order valence-corrected chi connectivity index (χ1v) is 11.5. The summed E-state index contributed by atoms with van der Waals surface area (Å²) in [5.41, 5.74) is 5.57. The van der Waals surface area contributed by atoms with Crippen molar-refractivity contribution in [1.82, 2.24) is 15.2 Å². The van der Waals surface area contributed by atoms with Crippen LogP contribution in [0, 0.1) is 10.5 Å². The van der Waals surface area contributed by atoms with Gasteiger partial charge in [0.15, 0.2) is 11.8 Å². The van der Waals surface area contributed by atoms with E-state index in [1.165, 1.54) is 0 Å². The van der Waals surface area contributed by atoms with Crippen molar-refractivity contribution in [3.63, 3.8) is 0 Å². The number of carbonyl (C=O) groups excluding carboxylic acids is 2. The van der Waals surface area contributed by atoms with Crippen LogP contribution in [-0.2, 0) is 11.8 Å². The first-order valence-electron chi connectivity index (χ1n) is 10.0. The van der Waals surface area contributed by atoms with Gasteiger partial charge in [-0.1, -0.05) is 23.7 Å². The second kappa shape index (κ2) is 10.8. The highest BCUT2D eigenvalue weighted by Crippen LogP contribution is 2.23. The molecule has 0 aliphatic rings. The van der Waals surface area contributed by atoms with Crippen LogP contribution in [0.15, 0.2) is 53.8 Å². The minimum Gasteiger partial charge on any atom is -0.481 e. The van der Waals surface area contributed by atoms with Crippen LogP contribution in [0.5, 0.6) is 5.75 Å². The maximum atomic E-state index is 12.6. The van der Waals surface area contributed by atoms with E-state index in [-0.39, 0.29) is 5.91 Å². The molecule has 1 heterocycles. The fourth-order valence-corrected chi connectivity index (χ4v) is 3.90. The minimum absolute atomic E-state index is 0.297. The number of nitrogens with one attached hydrogen (secondary N) is 2. The van der Waals surface area contributed by atoms with E-state index >= 15 is 0 Å². The van der Waals surface area contributed by atoms with Crippen LogP contribution in [0.1, 0.15) is 35.5 Å². The molecule has 0 saturated carbocycles. The standard InChI is InChI=1S/C23H23ClIN5O3/c1-13-10-17(24)8-9-20(13)33-15(3)22(31)26-18-7-5-6-16(11-18)14(2)27-28-23(32)21-19(25)12-30(4)29-21/h5-12,15H,1-4H3,(H,26,31)(H,28,32)/b27-14-/t15-/m1/s1. The maximum Gasteiger partial charge on any atom is 0.292 e. The highest BCUT2D eigenvalue weighted by molar-refractivity contribution is 14.1. The van der Waals surface area contributed by atoms with Crippen LogP contribution in [-0.4, -0.2) is 33.4 Å². The molecule has 0 unspecified atom stereocenters. The highest BCUT2D eigenvalue weighted by Gasteiger charge is 2.17. The van der Waals surface area contributed by atoms with Crippen molar-refractivity contribution in [3.05, 3.63) is 74.1 Å². The van der Waals surface area contributed by atoms with E-state index in [4.69, 9.17) is 16.3 Å². The summed E-state index contributed by atoms with van der Waals surface area (Å²) in [6.07, 6.45) is 1.03. The number of aryl methyl sites for hydroxylation is 2. The summed E-state index contributed by atoms with van der Waals surface area (Å²) >= 11 is 8.02. The Hall–Kier alpha value is -2.92. The lowest BCUT2D eigenvalue weighted by Crippen LogP contribution is -2.30. The average molecular weight is 580 g/mol. The molecule has 8 nitrogen and oxygen atoms in total. The molecular weight excluding hydrogens is 557 g/mol. The molecule has 0 bridgehead atoms. The van der Waals surface area contributed by atoms with Crippen molar-refractivity contribution in [2.24, 2.45) is 12.1 Å². The molecule has 2 amide bonds. The van der Waals surface area contributed by atoms with Gasteiger partial charge in [0, 0.05) is 24.0 Å². The summed E-state index contributed by atoms with van der Waals surface area (Å²) in [4.78, 5) is 24.9. The number of halogens is 2. The smallest absolute Gasteiger partial charge is 0.292 e. The molecule has 10 heteroatoms. The first kappa shape index (κ1) is 24.7. The predicted molar refractivity (Wildman–Crippen MR) is 137 cm³/mol. The van der Waals surface area contributed by atoms with Crippen molar-refractivity contribution in [3.8, 4) is 5.75 Å². The van der Waals surface area contributed by atoms with E-state index in [1.54, 1.807) is 68.2 Å². The van der Waals surface area contributed by atoms with Gasteiger partial charge in [-0.05, 0) is 84.8 Å². The third-order valence-electron chi connectivity index (χ3n) is 4.68. The van der Waals surface area contributed by atoms with Gasteiger partial charge in [-0.15, -0.1) is 0 Å².